The van der Waals surface area contributed by atoms with Crippen LogP contribution in [0.5, 0.6) is 5.75 Å². The van der Waals surface area contributed by atoms with Crippen molar-refractivity contribution >= 4 is 5.82 Å². The number of nitrogens with two attached hydrogens (primary N) is 1. The van der Waals surface area contributed by atoms with Crippen molar-refractivity contribution in [3.05, 3.63) is 29.8 Å². The SMILES string of the molecule is CCc1c(-c2cccc(OC)c2)nn(C)c1N. The van der Waals surface area contributed by atoms with Crippen LogP contribution in [0.1, 0.15) is 12.5 Å². The third-order valence-corrected chi connectivity index (χ3v) is 2.89. The molecular formula is C13H17N3O. The molecule has 0 radical (unpaired) electrons. The van der Waals surface area contributed by atoms with Gasteiger partial charge in [0, 0.05) is 18.2 Å². The highest BCUT2D eigenvalue weighted by Crippen LogP contribution is 2.29. The van der Waals surface area contributed by atoms with Crippen LogP contribution >= 0.6 is 0 Å². The normalized spacial score (nSPS) is 10.5. The van der Waals surface area contributed by atoms with Gasteiger partial charge in [-0.2, -0.15) is 5.10 Å². The van der Waals surface area contributed by atoms with Crippen LogP contribution in [0.15, 0.2) is 24.3 Å². The standard InChI is InChI=1S/C13H17N3O/c1-4-11-12(15-16(2)13(11)14)9-6-5-7-10(8-9)17-3/h5-8H,4,14H2,1-3H3. The first-order chi connectivity index (χ1) is 8.17. The lowest BCUT2D eigenvalue weighted by atomic mass is 10.1. The van der Waals surface area contributed by atoms with E-state index in [1.54, 1.807) is 11.8 Å². The van der Waals surface area contributed by atoms with Gasteiger partial charge in [-0.1, -0.05) is 19.1 Å². The number of ether oxygens (including phenoxy) is 1. The van der Waals surface area contributed by atoms with Crippen molar-refractivity contribution in [3.63, 3.8) is 0 Å². The number of benzene rings is 1. The van der Waals surface area contributed by atoms with Crippen molar-refractivity contribution in [2.24, 2.45) is 7.05 Å². The maximum Gasteiger partial charge on any atom is 0.125 e. The third-order valence-electron chi connectivity index (χ3n) is 2.89. The molecule has 0 saturated heterocycles. The van der Waals surface area contributed by atoms with E-state index in [1.807, 2.05) is 31.3 Å². The van der Waals surface area contributed by atoms with Gasteiger partial charge in [0.2, 0.25) is 0 Å². The first-order valence-electron chi connectivity index (χ1n) is 5.63. The smallest absolute Gasteiger partial charge is 0.125 e. The molecule has 4 nitrogen and oxygen atoms in total. The third kappa shape index (κ3) is 1.98. The molecule has 0 aliphatic carbocycles. The molecule has 2 N–H and O–H groups in total. The van der Waals surface area contributed by atoms with E-state index in [9.17, 15) is 0 Å². The summed E-state index contributed by atoms with van der Waals surface area (Å²) in [4.78, 5) is 0. The summed E-state index contributed by atoms with van der Waals surface area (Å²) in [7, 11) is 3.52. The topological polar surface area (TPSA) is 53.1 Å². The molecule has 0 atom stereocenters. The van der Waals surface area contributed by atoms with Gasteiger partial charge in [0.1, 0.15) is 11.6 Å². The molecule has 4 heteroatoms. The average Bonchev–Trinajstić information content (AvgIpc) is 2.65. The maximum atomic E-state index is 5.99. The Morgan fingerprint density at radius 3 is 2.82 bits per heavy atom. The highest BCUT2D eigenvalue weighted by molar-refractivity contribution is 5.69. The van der Waals surface area contributed by atoms with E-state index in [1.165, 1.54) is 0 Å². The number of aromatic nitrogens is 2. The van der Waals surface area contributed by atoms with Crippen molar-refractivity contribution in [2.45, 2.75) is 13.3 Å². The summed E-state index contributed by atoms with van der Waals surface area (Å²) in [6.45, 7) is 2.08. The lowest BCUT2D eigenvalue weighted by Gasteiger charge is -2.03. The van der Waals surface area contributed by atoms with E-state index < -0.39 is 0 Å². The van der Waals surface area contributed by atoms with Gasteiger partial charge in [0.25, 0.3) is 0 Å². The van der Waals surface area contributed by atoms with Crippen LogP contribution in [-0.2, 0) is 13.5 Å². The number of nitrogen functional groups attached to an aromatic ring is 1. The molecule has 0 unspecified atom stereocenters. The Morgan fingerprint density at radius 2 is 2.18 bits per heavy atom. The second kappa shape index (κ2) is 4.49. The summed E-state index contributed by atoms with van der Waals surface area (Å²) in [6, 6.07) is 7.87. The Balaban J connectivity index is 2.55. The fourth-order valence-corrected chi connectivity index (χ4v) is 1.93. The van der Waals surface area contributed by atoms with Gasteiger partial charge in [-0.05, 0) is 18.6 Å². The monoisotopic (exact) mass is 231 g/mol. The number of aryl methyl sites for hydroxylation is 1. The first kappa shape index (κ1) is 11.5. The van der Waals surface area contributed by atoms with Gasteiger partial charge >= 0.3 is 0 Å². The molecular weight excluding hydrogens is 214 g/mol. The zero-order chi connectivity index (χ0) is 12.4. The quantitative estimate of drug-likeness (QED) is 0.881. The van der Waals surface area contributed by atoms with Crippen molar-refractivity contribution in [1.82, 2.24) is 9.78 Å². The molecule has 1 aromatic heterocycles. The van der Waals surface area contributed by atoms with Gasteiger partial charge in [-0.15, -0.1) is 0 Å². The predicted molar refractivity (Wildman–Crippen MR) is 69.0 cm³/mol. The fourth-order valence-electron chi connectivity index (χ4n) is 1.93. The van der Waals surface area contributed by atoms with Crippen molar-refractivity contribution in [1.29, 1.82) is 0 Å². The van der Waals surface area contributed by atoms with Crippen molar-refractivity contribution in [2.75, 3.05) is 12.8 Å². The lowest BCUT2D eigenvalue weighted by Crippen LogP contribution is -1.98. The highest BCUT2D eigenvalue weighted by atomic mass is 16.5. The number of rotatable bonds is 3. The minimum absolute atomic E-state index is 0.727. The first-order valence-corrected chi connectivity index (χ1v) is 5.63. The summed E-state index contributed by atoms with van der Waals surface area (Å²) in [5.74, 6) is 1.55. The van der Waals surface area contributed by atoms with Gasteiger partial charge in [-0.3, -0.25) is 4.68 Å². The summed E-state index contributed by atoms with van der Waals surface area (Å²) in [6.07, 6.45) is 0.867. The molecule has 90 valence electrons. The van der Waals surface area contributed by atoms with Crippen LogP contribution < -0.4 is 10.5 Å². The Labute approximate surface area is 101 Å². The molecule has 2 aromatic rings. The van der Waals surface area contributed by atoms with Crippen LogP contribution in [0.4, 0.5) is 5.82 Å². The van der Waals surface area contributed by atoms with E-state index in [0.717, 1.165) is 34.8 Å². The number of hydrogen-bond acceptors (Lipinski definition) is 3. The lowest BCUT2D eigenvalue weighted by molar-refractivity contribution is 0.415. The highest BCUT2D eigenvalue weighted by Gasteiger charge is 2.13. The van der Waals surface area contributed by atoms with Gasteiger partial charge < -0.3 is 10.5 Å². The van der Waals surface area contributed by atoms with Crippen LogP contribution in [0.2, 0.25) is 0 Å². The zero-order valence-corrected chi connectivity index (χ0v) is 10.4. The van der Waals surface area contributed by atoms with E-state index in [-0.39, 0.29) is 0 Å². The van der Waals surface area contributed by atoms with Crippen molar-refractivity contribution < 1.29 is 4.74 Å². The molecule has 2 rings (SSSR count). The number of nitrogens with zero attached hydrogens (tertiary/aromatic N) is 2. The van der Waals surface area contributed by atoms with Crippen LogP contribution in [0.3, 0.4) is 0 Å². The minimum atomic E-state index is 0.727. The summed E-state index contributed by atoms with van der Waals surface area (Å²) < 4.78 is 6.94. The molecule has 0 spiro atoms. The number of anilines is 1. The summed E-state index contributed by atoms with van der Waals surface area (Å²) in [5.41, 5.74) is 9.05. The second-order valence-electron chi connectivity index (χ2n) is 3.92. The van der Waals surface area contributed by atoms with E-state index in [2.05, 4.69) is 12.0 Å². The van der Waals surface area contributed by atoms with Crippen molar-refractivity contribution in [3.8, 4) is 17.0 Å². The van der Waals surface area contributed by atoms with Crippen LogP contribution in [0, 0.1) is 0 Å². The molecule has 0 bridgehead atoms. The summed E-state index contributed by atoms with van der Waals surface area (Å²) >= 11 is 0. The average molecular weight is 231 g/mol. The Kier molecular flexibility index (Phi) is 3.04. The Bertz CT molecular complexity index is 531. The van der Waals surface area contributed by atoms with Gasteiger partial charge in [-0.25, -0.2) is 0 Å². The summed E-state index contributed by atoms with van der Waals surface area (Å²) in [5, 5.41) is 4.46. The number of methoxy groups -OCH3 is 1. The fraction of sp³-hybridized carbons (Fsp3) is 0.308. The molecule has 0 saturated carbocycles. The van der Waals surface area contributed by atoms with E-state index >= 15 is 0 Å². The molecule has 1 aromatic carbocycles. The van der Waals surface area contributed by atoms with E-state index in [0.29, 0.717) is 0 Å². The minimum Gasteiger partial charge on any atom is -0.497 e. The second-order valence-corrected chi connectivity index (χ2v) is 3.92. The zero-order valence-electron chi connectivity index (χ0n) is 10.4. The molecule has 0 fully saturated rings. The molecule has 0 aliphatic rings. The predicted octanol–water partition coefficient (Wildman–Crippen LogP) is 2.24. The van der Waals surface area contributed by atoms with E-state index in [4.69, 9.17) is 10.5 Å². The molecule has 17 heavy (non-hydrogen) atoms. The molecule has 0 amide bonds. The largest absolute Gasteiger partial charge is 0.497 e. The van der Waals surface area contributed by atoms with Crippen LogP contribution in [0.25, 0.3) is 11.3 Å². The Hall–Kier alpha value is -1.97. The molecule has 0 aliphatic heterocycles. The van der Waals surface area contributed by atoms with Crippen LogP contribution in [-0.4, -0.2) is 16.9 Å². The molecule has 1 heterocycles. The van der Waals surface area contributed by atoms with Gasteiger partial charge in [0.15, 0.2) is 0 Å². The Morgan fingerprint density at radius 1 is 1.41 bits per heavy atom. The van der Waals surface area contributed by atoms with Gasteiger partial charge in [0.05, 0.1) is 12.8 Å². The number of hydrogen-bond donors (Lipinski definition) is 1. The maximum absolute atomic E-state index is 5.99.